The van der Waals surface area contributed by atoms with Crippen molar-refractivity contribution in [1.29, 1.82) is 0 Å². The zero-order valence-corrected chi connectivity index (χ0v) is 11.5. The summed E-state index contributed by atoms with van der Waals surface area (Å²) in [5.74, 6) is 3.44. The van der Waals surface area contributed by atoms with Gasteiger partial charge in [0, 0.05) is 11.5 Å². The molecule has 2 unspecified atom stereocenters. The number of hydrogen-bond acceptors (Lipinski definition) is 5. The van der Waals surface area contributed by atoms with Crippen LogP contribution in [0.4, 0.5) is 0 Å². The number of thioether (sulfide) groups is 1. The fourth-order valence-electron chi connectivity index (χ4n) is 2.11. The predicted molar refractivity (Wildman–Crippen MR) is 73.5 cm³/mol. The van der Waals surface area contributed by atoms with Crippen molar-refractivity contribution in [1.82, 2.24) is 0 Å². The Kier molecular flexibility index (Phi) is 4.74. The van der Waals surface area contributed by atoms with Crippen LogP contribution in [-0.4, -0.2) is 38.4 Å². The largest absolute Gasteiger partial charge is 0.496 e. The van der Waals surface area contributed by atoms with Crippen LogP contribution in [0, 0.1) is 0 Å². The number of benzene rings is 1. The fourth-order valence-corrected chi connectivity index (χ4v) is 3.02. The Hall–Kier alpha value is -0.910. The van der Waals surface area contributed by atoms with Gasteiger partial charge in [-0.15, -0.1) is 0 Å². The molecule has 18 heavy (non-hydrogen) atoms. The molecular weight excluding hydrogens is 250 g/mol. The molecule has 1 saturated heterocycles. The van der Waals surface area contributed by atoms with Crippen molar-refractivity contribution in [2.24, 2.45) is 5.73 Å². The molecular formula is C13H19NO3S. The highest BCUT2D eigenvalue weighted by atomic mass is 32.2. The van der Waals surface area contributed by atoms with E-state index in [2.05, 4.69) is 0 Å². The highest BCUT2D eigenvalue weighted by molar-refractivity contribution is 7.99. The standard InChI is InChI=1S/C13H19NO3S/c1-15-9-4-3-5-10(16-2)12(9)13(14)11-8-18-7-6-17-11/h3-5,11,13H,6-8,14H2,1-2H3. The normalized spacial score (nSPS) is 21.4. The van der Waals surface area contributed by atoms with Gasteiger partial charge in [-0.3, -0.25) is 0 Å². The summed E-state index contributed by atoms with van der Waals surface area (Å²) in [4.78, 5) is 0. The van der Waals surface area contributed by atoms with E-state index in [-0.39, 0.29) is 12.1 Å². The minimum atomic E-state index is -0.233. The van der Waals surface area contributed by atoms with Gasteiger partial charge in [-0.25, -0.2) is 0 Å². The van der Waals surface area contributed by atoms with Crippen LogP contribution in [0.1, 0.15) is 11.6 Å². The smallest absolute Gasteiger partial charge is 0.127 e. The molecule has 1 heterocycles. The summed E-state index contributed by atoms with van der Waals surface area (Å²) in [6, 6.07) is 5.45. The second kappa shape index (κ2) is 6.31. The summed E-state index contributed by atoms with van der Waals surface area (Å²) in [6.07, 6.45) is 0.00829. The maximum atomic E-state index is 6.32. The lowest BCUT2D eigenvalue weighted by Crippen LogP contribution is -2.35. The monoisotopic (exact) mass is 269 g/mol. The highest BCUT2D eigenvalue weighted by Crippen LogP contribution is 2.36. The Balaban J connectivity index is 2.29. The van der Waals surface area contributed by atoms with Crippen LogP contribution in [0.15, 0.2) is 18.2 Å². The van der Waals surface area contributed by atoms with Gasteiger partial charge in [-0.1, -0.05) is 6.07 Å². The highest BCUT2D eigenvalue weighted by Gasteiger charge is 2.28. The predicted octanol–water partition coefficient (Wildman–Crippen LogP) is 1.84. The van der Waals surface area contributed by atoms with Gasteiger partial charge in [0.15, 0.2) is 0 Å². The van der Waals surface area contributed by atoms with Crippen LogP contribution in [-0.2, 0) is 4.74 Å². The molecule has 4 nitrogen and oxygen atoms in total. The average Bonchev–Trinajstić information content (AvgIpc) is 2.46. The maximum Gasteiger partial charge on any atom is 0.127 e. The molecule has 0 bridgehead atoms. The van der Waals surface area contributed by atoms with Gasteiger partial charge in [0.25, 0.3) is 0 Å². The van der Waals surface area contributed by atoms with E-state index in [0.29, 0.717) is 0 Å². The van der Waals surface area contributed by atoms with Crippen molar-refractivity contribution in [3.63, 3.8) is 0 Å². The molecule has 100 valence electrons. The molecule has 0 saturated carbocycles. The van der Waals surface area contributed by atoms with Crippen molar-refractivity contribution >= 4 is 11.8 Å². The van der Waals surface area contributed by atoms with E-state index in [1.807, 2.05) is 30.0 Å². The van der Waals surface area contributed by atoms with Crippen molar-refractivity contribution in [3.8, 4) is 11.5 Å². The van der Waals surface area contributed by atoms with Gasteiger partial charge in [0.1, 0.15) is 11.5 Å². The first-order chi connectivity index (χ1) is 8.77. The molecule has 0 radical (unpaired) electrons. The zero-order valence-electron chi connectivity index (χ0n) is 10.7. The first kappa shape index (κ1) is 13.5. The lowest BCUT2D eigenvalue weighted by molar-refractivity contribution is 0.0557. The molecule has 1 fully saturated rings. The zero-order chi connectivity index (χ0) is 13.0. The molecule has 2 rings (SSSR count). The van der Waals surface area contributed by atoms with Crippen LogP contribution in [0.5, 0.6) is 11.5 Å². The summed E-state index contributed by atoms with van der Waals surface area (Å²) in [7, 11) is 3.28. The minimum absolute atomic E-state index is 0.00829. The van der Waals surface area contributed by atoms with Gasteiger partial charge >= 0.3 is 0 Å². The van der Waals surface area contributed by atoms with E-state index in [1.165, 1.54) is 0 Å². The molecule has 1 aromatic rings. The van der Waals surface area contributed by atoms with Crippen molar-refractivity contribution in [2.45, 2.75) is 12.1 Å². The van der Waals surface area contributed by atoms with Crippen LogP contribution in [0.2, 0.25) is 0 Å². The first-order valence-corrected chi connectivity index (χ1v) is 7.09. The molecule has 1 aliphatic heterocycles. The second-order valence-electron chi connectivity index (χ2n) is 4.09. The van der Waals surface area contributed by atoms with Crippen LogP contribution < -0.4 is 15.2 Å². The summed E-state index contributed by atoms with van der Waals surface area (Å²) in [6.45, 7) is 0.750. The summed E-state index contributed by atoms with van der Waals surface area (Å²) < 4.78 is 16.5. The molecule has 0 aromatic heterocycles. The molecule has 0 spiro atoms. The van der Waals surface area contributed by atoms with E-state index in [0.717, 1.165) is 35.2 Å². The maximum absolute atomic E-state index is 6.32. The topological polar surface area (TPSA) is 53.7 Å². The lowest BCUT2D eigenvalue weighted by atomic mass is 10.0. The quantitative estimate of drug-likeness (QED) is 0.904. The first-order valence-electron chi connectivity index (χ1n) is 5.93. The van der Waals surface area contributed by atoms with Crippen molar-refractivity contribution in [2.75, 3.05) is 32.3 Å². The van der Waals surface area contributed by atoms with Crippen molar-refractivity contribution < 1.29 is 14.2 Å². The Labute approximate surface area is 112 Å². The molecule has 2 N–H and O–H groups in total. The van der Waals surface area contributed by atoms with Crippen LogP contribution in [0.25, 0.3) is 0 Å². The number of rotatable bonds is 4. The van der Waals surface area contributed by atoms with Crippen LogP contribution in [0.3, 0.4) is 0 Å². The number of nitrogens with two attached hydrogens (primary N) is 1. The Morgan fingerprint density at radius 2 is 2.00 bits per heavy atom. The summed E-state index contributed by atoms with van der Waals surface area (Å²) >= 11 is 1.87. The Morgan fingerprint density at radius 1 is 1.33 bits per heavy atom. The third-order valence-corrected chi connectivity index (χ3v) is 4.06. The molecule has 0 aliphatic carbocycles. The SMILES string of the molecule is COc1cccc(OC)c1C(N)C1CSCCO1. The van der Waals surface area contributed by atoms with Crippen LogP contribution >= 0.6 is 11.8 Å². The number of hydrogen-bond donors (Lipinski definition) is 1. The molecule has 1 aromatic carbocycles. The van der Waals surface area contributed by atoms with E-state index < -0.39 is 0 Å². The number of ether oxygens (including phenoxy) is 3. The third-order valence-electron chi connectivity index (χ3n) is 3.04. The minimum Gasteiger partial charge on any atom is -0.496 e. The molecule has 0 amide bonds. The molecule has 2 atom stereocenters. The van der Waals surface area contributed by atoms with Gasteiger partial charge in [0.05, 0.1) is 38.5 Å². The summed E-state index contributed by atoms with van der Waals surface area (Å²) in [5.41, 5.74) is 7.21. The van der Waals surface area contributed by atoms with E-state index in [1.54, 1.807) is 14.2 Å². The second-order valence-corrected chi connectivity index (χ2v) is 5.24. The van der Waals surface area contributed by atoms with Gasteiger partial charge in [0.2, 0.25) is 0 Å². The Morgan fingerprint density at radius 3 is 2.50 bits per heavy atom. The van der Waals surface area contributed by atoms with Gasteiger partial charge < -0.3 is 19.9 Å². The molecule has 1 aliphatic rings. The van der Waals surface area contributed by atoms with Gasteiger partial charge in [-0.05, 0) is 12.1 Å². The lowest BCUT2D eigenvalue weighted by Gasteiger charge is -2.29. The average molecular weight is 269 g/mol. The van der Waals surface area contributed by atoms with Gasteiger partial charge in [-0.2, -0.15) is 11.8 Å². The van der Waals surface area contributed by atoms with E-state index >= 15 is 0 Å². The molecule has 5 heteroatoms. The van der Waals surface area contributed by atoms with E-state index in [9.17, 15) is 0 Å². The number of methoxy groups -OCH3 is 2. The van der Waals surface area contributed by atoms with E-state index in [4.69, 9.17) is 19.9 Å². The third kappa shape index (κ3) is 2.74. The Bertz CT molecular complexity index is 372. The fraction of sp³-hybridized carbons (Fsp3) is 0.538. The summed E-state index contributed by atoms with van der Waals surface area (Å²) in [5, 5.41) is 0. The van der Waals surface area contributed by atoms with Crippen molar-refractivity contribution in [3.05, 3.63) is 23.8 Å².